The molecule has 7 nitrogen and oxygen atoms in total. The molecule has 0 aliphatic carbocycles. The standard InChI is InChI=1S/C42H32N4O3/c47-41(48)28-44-22-19-30(20-23-44)36(42(49)43-32-9-3-1-4-10-32)26-29-15-17-38-31(25-29)21-24-45(38)34-16-18-40-37(27-34)35-13-7-8-14-39(35)46(40)33-11-5-2-6-12-33/h1-20,22-23,25-27H,21,24,28H2,(H-,43,47,48,49)/p+1. The van der Waals surface area contributed by atoms with E-state index < -0.39 is 5.97 Å². The Bertz CT molecular complexity index is 2380. The number of carbonyl (C=O) groups is 2. The van der Waals surface area contributed by atoms with Gasteiger partial charge in [0.1, 0.15) is 0 Å². The van der Waals surface area contributed by atoms with E-state index in [2.05, 4.69) is 99.7 Å². The highest BCUT2D eigenvalue weighted by molar-refractivity contribution is 6.29. The van der Waals surface area contributed by atoms with E-state index >= 15 is 0 Å². The topological polar surface area (TPSA) is 78.5 Å². The van der Waals surface area contributed by atoms with E-state index in [0.717, 1.165) is 35.6 Å². The van der Waals surface area contributed by atoms with Crippen LogP contribution in [0.5, 0.6) is 0 Å². The predicted molar refractivity (Wildman–Crippen MR) is 195 cm³/mol. The number of anilines is 3. The molecule has 238 valence electrons. The number of nitrogens with zero attached hydrogens (tertiary/aromatic N) is 3. The molecule has 1 amide bonds. The van der Waals surface area contributed by atoms with E-state index in [4.69, 9.17) is 0 Å². The molecule has 49 heavy (non-hydrogen) atoms. The van der Waals surface area contributed by atoms with Crippen molar-refractivity contribution in [2.75, 3.05) is 16.8 Å². The van der Waals surface area contributed by atoms with Crippen molar-refractivity contribution in [3.8, 4) is 5.69 Å². The Hall–Kier alpha value is -6.47. The first-order chi connectivity index (χ1) is 24.0. The number of amides is 1. The van der Waals surface area contributed by atoms with Gasteiger partial charge in [-0.2, -0.15) is 4.57 Å². The molecule has 0 atom stereocenters. The molecule has 0 fully saturated rings. The van der Waals surface area contributed by atoms with Gasteiger partial charge in [0, 0.05) is 57.8 Å². The number of hydrogen-bond donors (Lipinski definition) is 2. The van der Waals surface area contributed by atoms with Gasteiger partial charge in [-0.3, -0.25) is 4.79 Å². The summed E-state index contributed by atoms with van der Waals surface area (Å²) in [6.45, 7) is 0.702. The molecular weight excluding hydrogens is 608 g/mol. The van der Waals surface area contributed by atoms with Crippen molar-refractivity contribution in [2.24, 2.45) is 0 Å². The van der Waals surface area contributed by atoms with E-state index in [1.165, 1.54) is 27.4 Å². The van der Waals surface area contributed by atoms with Crippen molar-refractivity contribution in [3.05, 3.63) is 163 Å². The first kappa shape index (κ1) is 29.9. The normalized spacial score (nSPS) is 12.7. The minimum absolute atomic E-state index is 0.154. The van der Waals surface area contributed by atoms with Crippen molar-refractivity contribution in [1.29, 1.82) is 0 Å². The largest absolute Gasteiger partial charge is 0.477 e. The van der Waals surface area contributed by atoms with Crippen molar-refractivity contribution in [1.82, 2.24) is 4.57 Å². The van der Waals surface area contributed by atoms with Crippen LogP contribution in [0.25, 0.3) is 39.1 Å². The SMILES string of the molecule is O=C(O)C[n+]1ccc(/C(=C/c2ccc3c(c2)CCN3c2ccc3c(c2)c2ccccc2n3-c2ccccc2)C(=O)Nc2ccccc2)cc1. The van der Waals surface area contributed by atoms with Crippen molar-refractivity contribution < 1.29 is 19.3 Å². The maximum absolute atomic E-state index is 13.7. The molecule has 0 radical (unpaired) electrons. The molecule has 0 spiro atoms. The van der Waals surface area contributed by atoms with Crippen LogP contribution < -0.4 is 14.8 Å². The number of rotatable bonds is 8. The summed E-state index contributed by atoms with van der Waals surface area (Å²) in [5, 5.41) is 14.6. The minimum Gasteiger partial charge on any atom is -0.477 e. The molecule has 0 saturated heterocycles. The number of para-hydroxylation sites is 3. The molecule has 2 aromatic heterocycles. The van der Waals surface area contributed by atoms with E-state index in [0.29, 0.717) is 16.8 Å². The molecule has 8 rings (SSSR count). The smallest absolute Gasteiger partial charge is 0.370 e. The van der Waals surface area contributed by atoms with Crippen LogP contribution in [0.1, 0.15) is 16.7 Å². The van der Waals surface area contributed by atoms with Gasteiger partial charge in [-0.05, 0) is 89.9 Å². The summed E-state index contributed by atoms with van der Waals surface area (Å²) in [4.78, 5) is 27.2. The van der Waals surface area contributed by atoms with Crippen LogP contribution in [-0.2, 0) is 22.6 Å². The number of fused-ring (bicyclic) bond motifs is 4. The van der Waals surface area contributed by atoms with Gasteiger partial charge < -0.3 is 19.9 Å². The number of carbonyl (C=O) groups excluding carboxylic acids is 1. The maximum Gasteiger partial charge on any atom is 0.370 e. The average Bonchev–Trinajstić information content (AvgIpc) is 3.70. The summed E-state index contributed by atoms with van der Waals surface area (Å²) in [6.07, 6.45) is 6.15. The second-order valence-electron chi connectivity index (χ2n) is 12.2. The van der Waals surface area contributed by atoms with Crippen LogP contribution in [0.15, 0.2) is 146 Å². The third kappa shape index (κ3) is 5.83. The average molecular weight is 642 g/mol. The summed E-state index contributed by atoms with van der Waals surface area (Å²) in [6, 6.07) is 45.1. The number of nitrogens with one attached hydrogen (secondary N) is 1. The zero-order valence-electron chi connectivity index (χ0n) is 26.7. The molecule has 7 aromatic rings. The first-order valence-electron chi connectivity index (χ1n) is 16.3. The molecule has 0 bridgehead atoms. The monoisotopic (exact) mass is 641 g/mol. The number of aliphatic carboxylic acids is 1. The zero-order valence-corrected chi connectivity index (χ0v) is 26.7. The number of carboxylic acid groups (broad SMARTS) is 1. The summed E-state index contributed by atoms with van der Waals surface area (Å²) >= 11 is 0. The van der Waals surface area contributed by atoms with Gasteiger partial charge in [0.05, 0.1) is 11.0 Å². The molecule has 1 aliphatic rings. The van der Waals surface area contributed by atoms with Gasteiger partial charge in [-0.25, -0.2) is 4.79 Å². The Balaban J connectivity index is 1.14. The van der Waals surface area contributed by atoms with Crippen molar-refractivity contribution in [3.63, 3.8) is 0 Å². The lowest BCUT2D eigenvalue weighted by Gasteiger charge is -2.20. The van der Waals surface area contributed by atoms with Gasteiger partial charge in [-0.1, -0.05) is 60.7 Å². The van der Waals surface area contributed by atoms with Crippen molar-refractivity contribution in [2.45, 2.75) is 13.0 Å². The Morgan fingerprint density at radius 1 is 0.735 bits per heavy atom. The summed E-state index contributed by atoms with van der Waals surface area (Å²) in [5.41, 5.74) is 9.82. The lowest BCUT2D eigenvalue weighted by atomic mass is 10.0. The lowest BCUT2D eigenvalue weighted by Crippen LogP contribution is -2.37. The van der Waals surface area contributed by atoms with Gasteiger partial charge in [0.2, 0.25) is 6.54 Å². The second kappa shape index (κ2) is 12.6. The fraction of sp³-hybridized carbons (Fsp3) is 0.0714. The lowest BCUT2D eigenvalue weighted by molar-refractivity contribution is -0.685. The van der Waals surface area contributed by atoms with E-state index in [-0.39, 0.29) is 12.5 Å². The number of carboxylic acids is 1. The molecule has 7 heteroatoms. The van der Waals surface area contributed by atoms with E-state index in [9.17, 15) is 14.7 Å². The fourth-order valence-electron chi connectivity index (χ4n) is 6.83. The molecule has 2 N–H and O–H groups in total. The van der Waals surface area contributed by atoms with E-state index in [1.807, 2.05) is 42.5 Å². The van der Waals surface area contributed by atoms with Crippen LogP contribution in [-0.4, -0.2) is 28.1 Å². The number of hydrogen-bond acceptors (Lipinski definition) is 3. The van der Waals surface area contributed by atoms with Crippen molar-refractivity contribution >= 4 is 62.4 Å². The van der Waals surface area contributed by atoms with Crippen LogP contribution in [0, 0.1) is 0 Å². The van der Waals surface area contributed by atoms with Crippen LogP contribution in [0.4, 0.5) is 17.1 Å². The second-order valence-corrected chi connectivity index (χ2v) is 12.2. The zero-order chi connectivity index (χ0) is 33.3. The van der Waals surface area contributed by atoms with E-state index in [1.54, 1.807) is 29.1 Å². The quantitative estimate of drug-likeness (QED) is 0.130. The van der Waals surface area contributed by atoms with Gasteiger partial charge in [0.15, 0.2) is 12.4 Å². The first-order valence-corrected chi connectivity index (χ1v) is 16.3. The third-order valence-corrected chi connectivity index (χ3v) is 9.09. The van der Waals surface area contributed by atoms with Gasteiger partial charge in [-0.15, -0.1) is 0 Å². The van der Waals surface area contributed by atoms with Crippen LogP contribution >= 0.6 is 0 Å². The van der Waals surface area contributed by atoms with Crippen LogP contribution in [0.3, 0.4) is 0 Å². The summed E-state index contributed by atoms with van der Waals surface area (Å²) < 4.78 is 3.90. The molecule has 0 unspecified atom stereocenters. The highest BCUT2D eigenvalue weighted by Gasteiger charge is 2.23. The predicted octanol–water partition coefficient (Wildman–Crippen LogP) is 8.03. The number of aromatic nitrogens is 2. The van der Waals surface area contributed by atoms with Gasteiger partial charge in [0.25, 0.3) is 5.91 Å². The Morgan fingerprint density at radius 2 is 1.45 bits per heavy atom. The molecule has 0 saturated carbocycles. The summed E-state index contributed by atoms with van der Waals surface area (Å²) in [5.74, 6) is -1.17. The maximum atomic E-state index is 13.7. The van der Waals surface area contributed by atoms with Gasteiger partial charge >= 0.3 is 5.97 Å². The Labute approximate surface area is 283 Å². The number of benzene rings is 5. The third-order valence-electron chi connectivity index (χ3n) is 9.09. The Kier molecular flexibility index (Phi) is 7.70. The molecule has 5 aromatic carbocycles. The summed E-state index contributed by atoms with van der Waals surface area (Å²) in [7, 11) is 0. The molecule has 1 aliphatic heterocycles. The molecule has 3 heterocycles. The highest BCUT2D eigenvalue weighted by atomic mass is 16.4. The fourth-order valence-corrected chi connectivity index (χ4v) is 6.83. The highest BCUT2D eigenvalue weighted by Crippen LogP contribution is 2.39. The Morgan fingerprint density at radius 3 is 2.22 bits per heavy atom. The molecular formula is C42H33N4O3+. The minimum atomic E-state index is -0.929. The number of pyridine rings is 1. The van der Waals surface area contributed by atoms with Crippen LogP contribution in [0.2, 0.25) is 0 Å².